The lowest BCUT2D eigenvalue weighted by Crippen LogP contribution is -2.44. The number of likely N-dealkylation sites (tertiary alicyclic amines) is 1. The second-order valence-corrected chi connectivity index (χ2v) is 9.41. The maximum absolute atomic E-state index is 12.8. The van der Waals surface area contributed by atoms with E-state index in [1.807, 2.05) is 13.0 Å². The molecule has 0 aromatic heterocycles. The van der Waals surface area contributed by atoms with Crippen LogP contribution < -0.4 is 15.5 Å². The van der Waals surface area contributed by atoms with Crippen molar-refractivity contribution in [3.05, 3.63) is 42.5 Å². The van der Waals surface area contributed by atoms with Crippen LogP contribution in [0.5, 0.6) is 0 Å². The van der Waals surface area contributed by atoms with Crippen LogP contribution >= 0.6 is 0 Å². The van der Waals surface area contributed by atoms with Gasteiger partial charge >= 0.3 is 0 Å². The molecule has 32 heavy (non-hydrogen) atoms. The highest BCUT2D eigenvalue weighted by Gasteiger charge is 2.58. The minimum absolute atomic E-state index is 0.0209. The number of nitrogens with one attached hydrogen (secondary N) is 2. The van der Waals surface area contributed by atoms with Crippen LogP contribution in [0.2, 0.25) is 0 Å². The maximum atomic E-state index is 12.8. The Kier molecular flexibility index (Phi) is 5.89. The Balaban J connectivity index is 1.12. The smallest absolute Gasteiger partial charge is 0.233 e. The number of nitrogens with zero attached hydrogens (tertiary/aromatic N) is 3. The molecule has 2 saturated heterocycles. The van der Waals surface area contributed by atoms with Gasteiger partial charge in [0.25, 0.3) is 0 Å². The molecule has 3 fully saturated rings. The van der Waals surface area contributed by atoms with Crippen LogP contribution in [0.1, 0.15) is 19.8 Å². The number of fused-ring (bicyclic) bond motifs is 5. The molecular formula is C25H33N5O2. The van der Waals surface area contributed by atoms with Crippen LogP contribution in [0.4, 0.5) is 5.69 Å². The Morgan fingerprint density at radius 3 is 2.47 bits per heavy atom. The van der Waals surface area contributed by atoms with Crippen LogP contribution in [0.3, 0.4) is 0 Å². The van der Waals surface area contributed by atoms with E-state index < -0.39 is 0 Å². The van der Waals surface area contributed by atoms with E-state index in [1.54, 1.807) is 0 Å². The second-order valence-electron chi connectivity index (χ2n) is 9.41. The van der Waals surface area contributed by atoms with Crippen molar-refractivity contribution in [1.82, 2.24) is 15.5 Å². The van der Waals surface area contributed by atoms with E-state index in [-0.39, 0.29) is 35.5 Å². The minimum Gasteiger partial charge on any atom is -0.371 e. The molecule has 4 aliphatic rings. The Labute approximate surface area is 189 Å². The highest BCUT2D eigenvalue weighted by atomic mass is 16.2. The number of carbonyl (C=O) groups is 2. The summed E-state index contributed by atoms with van der Waals surface area (Å²) in [4.78, 5) is 34.3. The maximum Gasteiger partial charge on any atom is 0.233 e. The molecule has 1 aromatic carbocycles. The molecular weight excluding hydrogens is 402 g/mol. The molecule has 0 radical (unpaired) electrons. The number of benzene rings is 1. The van der Waals surface area contributed by atoms with Crippen LogP contribution in [0.25, 0.3) is 0 Å². The number of anilines is 1. The number of amides is 2. The standard InChI is InChI=1S/C25H33N5O2/c1-2-26-25(28-15-17-10-12-29(16-17)20-6-4-3-5-7-20)27-11-13-30-23(31)21-18-8-9-19(14-18)22(21)24(30)32/h3-9,17-19,21-22H,2,10-16H2,1H3,(H2,26,27,28). The Morgan fingerprint density at radius 2 is 1.78 bits per heavy atom. The third-order valence-electron chi connectivity index (χ3n) is 7.45. The van der Waals surface area contributed by atoms with E-state index in [0.29, 0.717) is 19.0 Å². The number of allylic oxidation sites excluding steroid dienone is 2. The van der Waals surface area contributed by atoms with Crippen molar-refractivity contribution in [3.63, 3.8) is 0 Å². The van der Waals surface area contributed by atoms with Crippen molar-refractivity contribution in [2.75, 3.05) is 44.2 Å². The first kappa shape index (κ1) is 21.0. The summed E-state index contributed by atoms with van der Waals surface area (Å²) in [5.74, 6) is 1.62. The summed E-state index contributed by atoms with van der Waals surface area (Å²) in [6, 6.07) is 10.5. The molecule has 5 rings (SSSR count). The Morgan fingerprint density at radius 1 is 1.06 bits per heavy atom. The Bertz CT molecular complexity index is 884. The molecule has 2 aliphatic carbocycles. The van der Waals surface area contributed by atoms with E-state index in [1.165, 1.54) is 10.6 Å². The first-order valence-electron chi connectivity index (χ1n) is 12.0. The summed E-state index contributed by atoms with van der Waals surface area (Å²) in [7, 11) is 0. The van der Waals surface area contributed by atoms with Gasteiger partial charge in [-0.3, -0.25) is 19.5 Å². The molecule has 5 atom stereocenters. The summed E-state index contributed by atoms with van der Waals surface area (Å²) < 4.78 is 0. The van der Waals surface area contributed by atoms with E-state index in [4.69, 9.17) is 4.99 Å². The molecule has 1 aromatic rings. The summed E-state index contributed by atoms with van der Waals surface area (Å²) in [6.45, 7) is 6.58. The van der Waals surface area contributed by atoms with Crippen LogP contribution in [0, 0.1) is 29.6 Å². The first-order chi connectivity index (χ1) is 15.7. The number of imide groups is 1. The van der Waals surface area contributed by atoms with Gasteiger partial charge in [0.1, 0.15) is 0 Å². The third-order valence-corrected chi connectivity index (χ3v) is 7.45. The van der Waals surface area contributed by atoms with Crippen molar-refractivity contribution >= 4 is 23.5 Å². The van der Waals surface area contributed by atoms with E-state index in [2.05, 4.69) is 52.0 Å². The zero-order valence-corrected chi connectivity index (χ0v) is 18.7. The number of hydrogen-bond donors (Lipinski definition) is 2. The average molecular weight is 436 g/mol. The lowest BCUT2D eigenvalue weighted by Gasteiger charge is -2.19. The summed E-state index contributed by atoms with van der Waals surface area (Å²) in [5, 5.41) is 6.61. The van der Waals surface area contributed by atoms with Crippen LogP contribution in [-0.2, 0) is 9.59 Å². The topological polar surface area (TPSA) is 77.0 Å². The predicted molar refractivity (Wildman–Crippen MR) is 125 cm³/mol. The largest absolute Gasteiger partial charge is 0.371 e. The normalized spacial score (nSPS) is 31.0. The zero-order valence-electron chi connectivity index (χ0n) is 18.7. The van der Waals surface area contributed by atoms with Gasteiger partial charge in [-0.05, 0) is 49.7 Å². The zero-order chi connectivity index (χ0) is 22.1. The molecule has 5 unspecified atom stereocenters. The van der Waals surface area contributed by atoms with Gasteiger partial charge in [-0.1, -0.05) is 30.4 Å². The molecule has 2 bridgehead atoms. The molecule has 0 spiro atoms. The summed E-state index contributed by atoms with van der Waals surface area (Å²) >= 11 is 0. The van der Waals surface area contributed by atoms with Crippen LogP contribution in [-0.4, -0.2) is 61.9 Å². The number of carbonyl (C=O) groups excluding carboxylic acids is 2. The first-order valence-corrected chi connectivity index (χ1v) is 12.0. The molecule has 2 N–H and O–H groups in total. The van der Waals surface area contributed by atoms with Crippen molar-refractivity contribution in [2.45, 2.75) is 19.8 Å². The molecule has 2 amide bonds. The van der Waals surface area contributed by atoms with E-state index in [9.17, 15) is 9.59 Å². The lowest BCUT2D eigenvalue weighted by molar-refractivity contribution is -0.140. The third kappa shape index (κ3) is 3.89. The highest BCUT2D eigenvalue weighted by molar-refractivity contribution is 6.06. The van der Waals surface area contributed by atoms with Gasteiger partial charge in [0.05, 0.1) is 11.8 Å². The van der Waals surface area contributed by atoms with Crippen molar-refractivity contribution < 1.29 is 9.59 Å². The number of rotatable bonds is 7. The van der Waals surface area contributed by atoms with Crippen molar-refractivity contribution in [3.8, 4) is 0 Å². The number of guanidine groups is 1. The predicted octanol–water partition coefficient (Wildman–Crippen LogP) is 1.88. The summed E-state index contributed by atoms with van der Waals surface area (Å²) in [6.07, 6.45) is 6.38. The van der Waals surface area contributed by atoms with Gasteiger partial charge in [-0.2, -0.15) is 0 Å². The van der Waals surface area contributed by atoms with Crippen LogP contribution in [0.15, 0.2) is 47.5 Å². The van der Waals surface area contributed by atoms with Gasteiger partial charge in [0.15, 0.2) is 5.96 Å². The SMILES string of the molecule is CCNC(=NCC1CCN(c2ccccc2)C1)NCCN1C(=O)C2C3C=CC(C3)C2C1=O. The minimum atomic E-state index is -0.116. The Hall–Kier alpha value is -2.83. The van der Waals surface area contributed by atoms with E-state index >= 15 is 0 Å². The molecule has 170 valence electrons. The summed E-state index contributed by atoms with van der Waals surface area (Å²) in [5.41, 5.74) is 1.28. The molecule has 1 saturated carbocycles. The van der Waals surface area contributed by atoms with Crippen molar-refractivity contribution in [1.29, 1.82) is 0 Å². The van der Waals surface area contributed by atoms with E-state index in [0.717, 1.165) is 45.0 Å². The van der Waals surface area contributed by atoms with Gasteiger partial charge in [-0.15, -0.1) is 0 Å². The molecule has 2 aliphatic heterocycles. The highest BCUT2D eigenvalue weighted by Crippen LogP contribution is 2.52. The van der Waals surface area contributed by atoms with Gasteiger partial charge < -0.3 is 15.5 Å². The number of aliphatic imine (C=N–C) groups is 1. The second kappa shape index (κ2) is 8.96. The molecule has 7 nitrogen and oxygen atoms in total. The quantitative estimate of drug-likeness (QED) is 0.296. The lowest BCUT2D eigenvalue weighted by atomic mass is 9.85. The fourth-order valence-electron chi connectivity index (χ4n) is 5.89. The van der Waals surface area contributed by atoms with Gasteiger partial charge in [-0.25, -0.2) is 0 Å². The van der Waals surface area contributed by atoms with Gasteiger partial charge in [0, 0.05) is 45.0 Å². The monoisotopic (exact) mass is 435 g/mol. The van der Waals surface area contributed by atoms with Crippen molar-refractivity contribution in [2.24, 2.45) is 34.6 Å². The molecule has 7 heteroatoms. The molecule has 2 heterocycles. The average Bonchev–Trinajstić information content (AvgIpc) is 3.59. The number of hydrogen-bond acceptors (Lipinski definition) is 4. The number of para-hydroxylation sites is 1. The van der Waals surface area contributed by atoms with Gasteiger partial charge in [0.2, 0.25) is 11.8 Å². The fraction of sp³-hybridized carbons (Fsp3) is 0.560. The fourth-order valence-corrected chi connectivity index (χ4v) is 5.89.